The Morgan fingerprint density at radius 3 is 2.53 bits per heavy atom. The van der Waals surface area contributed by atoms with Crippen LogP contribution in [0.3, 0.4) is 0 Å². The van der Waals surface area contributed by atoms with E-state index in [1.807, 2.05) is 0 Å². The van der Waals surface area contributed by atoms with Gasteiger partial charge in [0.1, 0.15) is 12.1 Å². The molecule has 1 aliphatic rings. The van der Waals surface area contributed by atoms with E-state index in [1.54, 1.807) is 0 Å². The van der Waals surface area contributed by atoms with Gasteiger partial charge in [-0.2, -0.15) is 12.6 Å². The molecule has 2 atom stereocenters. The van der Waals surface area contributed by atoms with Crippen molar-refractivity contribution >= 4 is 36.3 Å². The molecular formula is C10H15N3O5S. The van der Waals surface area contributed by atoms with Crippen LogP contribution in [-0.4, -0.2) is 53.2 Å². The van der Waals surface area contributed by atoms with Crippen LogP contribution in [0.25, 0.3) is 0 Å². The second-order valence-corrected chi connectivity index (χ2v) is 4.38. The molecule has 0 aromatic rings. The molecule has 0 bridgehead atoms. The number of aliphatic carboxylic acids is 1. The molecule has 1 fully saturated rings. The van der Waals surface area contributed by atoms with Gasteiger partial charge in [0.15, 0.2) is 0 Å². The van der Waals surface area contributed by atoms with Crippen molar-refractivity contribution in [2.24, 2.45) is 0 Å². The summed E-state index contributed by atoms with van der Waals surface area (Å²) in [5.74, 6) is -2.75. The third-order valence-corrected chi connectivity index (χ3v) is 2.92. The largest absolute Gasteiger partial charge is 0.480 e. The molecule has 8 nitrogen and oxygen atoms in total. The predicted molar refractivity (Wildman–Crippen MR) is 67.6 cm³/mol. The molecule has 0 unspecified atom stereocenters. The first-order valence-corrected chi connectivity index (χ1v) is 6.27. The Morgan fingerprint density at radius 1 is 1.26 bits per heavy atom. The van der Waals surface area contributed by atoms with Crippen molar-refractivity contribution in [3.05, 3.63) is 0 Å². The number of hydrogen-bond donors (Lipinski definition) is 5. The summed E-state index contributed by atoms with van der Waals surface area (Å²) in [6.45, 7) is -0.344. The van der Waals surface area contributed by atoms with Gasteiger partial charge in [0.25, 0.3) is 0 Å². The molecule has 1 saturated heterocycles. The first-order chi connectivity index (χ1) is 8.93. The standard InChI is InChI=1S/C10H15N3O5S/c14-7-2-1-5(10(17)18)12-8(15)3-11-9(16)6(4-19)13-7/h5-6,19H,1-4H2,(H,11,16)(H,12,15)(H,13,14)(H,17,18)/t5-,6-/m0/s1. The first kappa shape index (κ1) is 15.3. The van der Waals surface area contributed by atoms with Crippen LogP contribution < -0.4 is 16.0 Å². The lowest BCUT2D eigenvalue weighted by atomic mass is 10.1. The van der Waals surface area contributed by atoms with Crippen LogP contribution in [0.5, 0.6) is 0 Å². The molecule has 0 spiro atoms. The van der Waals surface area contributed by atoms with Crippen molar-refractivity contribution < 1.29 is 24.3 Å². The van der Waals surface area contributed by atoms with Crippen LogP contribution in [-0.2, 0) is 19.2 Å². The Labute approximate surface area is 114 Å². The van der Waals surface area contributed by atoms with Gasteiger partial charge in [-0.25, -0.2) is 4.79 Å². The van der Waals surface area contributed by atoms with Gasteiger partial charge in [-0.15, -0.1) is 0 Å². The molecular weight excluding hydrogens is 274 g/mol. The number of carbonyl (C=O) groups excluding carboxylic acids is 3. The maximum atomic E-state index is 11.6. The summed E-state index contributed by atoms with van der Waals surface area (Å²) in [4.78, 5) is 45.5. The highest BCUT2D eigenvalue weighted by molar-refractivity contribution is 7.80. The molecule has 1 heterocycles. The van der Waals surface area contributed by atoms with Crippen molar-refractivity contribution in [2.75, 3.05) is 12.3 Å². The lowest BCUT2D eigenvalue weighted by molar-refractivity contribution is -0.142. The maximum absolute atomic E-state index is 11.6. The second kappa shape index (κ2) is 6.98. The molecule has 1 aliphatic heterocycles. The molecule has 106 valence electrons. The van der Waals surface area contributed by atoms with E-state index in [1.165, 1.54) is 0 Å². The van der Waals surface area contributed by atoms with E-state index in [-0.39, 0.29) is 25.1 Å². The number of hydrogen-bond acceptors (Lipinski definition) is 5. The number of rotatable bonds is 2. The maximum Gasteiger partial charge on any atom is 0.326 e. The van der Waals surface area contributed by atoms with E-state index in [0.717, 1.165) is 0 Å². The zero-order valence-electron chi connectivity index (χ0n) is 10.0. The van der Waals surface area contributed by atoms with Crippen molar-refractivity contribution in [3.63, 3.8) is 0 Å². The Hall–Kier alpha value is -1.77. The van der Waals surface area contributed by atoms with Gasteiger partial charge in [-0.3, -0.25) is 14.4 Å². The summed E-state index contributed by atoms with van der Waals surface area (Å²) in [5, 5.41) is 15.9. The lowest BCUT2D eigenvalue weighted by Crippen LogP contribution is -2.49. The zero-order valence-corrected chi connectivity index (χ0v) is 10.9. The second-order valence-electron chi connectivity index (χ2n) is 4.02. The fourth-order valence-corrected chi connectivity index (χ4v) is 1.79. The monoisotopic (exact) mass is 289 g/mol. The summed E-state index contributed by atoms with van der Waals surface area (Å²) in [5.41, 5.74) is 0. The molecule has 1 rings (SSSR count). The van der Waals surface area contributed by atoms with Gasteiger partial charge >= 0.3 is 5.97 Å². The van der Waals surface area contributed by atoms with E-state index < -0.39 is 35.8 Å². The lowest BCUT2D eigenvalue weighted by Gasteiger charge is -2.15. The van der Waals surface area contributed by atoms with Gasteiger partial charge in [-0.05, 0) is 6.42 Å². The van der Waals surface area contributed by atoms with E-state index in [0.29, 0.717) is 0 Å². The van der Waals surface area contributed by atoms with Gasteiger partial charge < -0.3 is 21.1 Å². The van der Waals surface area contributed by atoms with E-state index >= 15 is 0 Å². The zero-order chi connectivity index (χ0) is 14.4. The summed E-state index contributed by atoms with van der Waals surface area (Å²) in [7, 11) is 0. The highest BCUT2D eigenvalue weighted by atomic mass is 32.1. The minimum Gasteiger partial charge on any atom is -0.480 e. The molecule has 19 heavy (non-hydrogen) atoms. The number of carboxylic acids is 1. The number of carbonyl (C=O) groups is 4. The third kappa shape index (κ3) is 4.78. The van der Waals surface area contributed by atoms with Crippen LogP contribution in [0.2, 0.25) is 0 Å². The Morgan fingerprint density at radius 2 is 1.95 bits per heavy atom. The number of amides is 3. The summed E-state index contributed by atoms with van der Waals surface area (Å²) < 4.78 is 0. The van der Waals surface area contributed by atoms with Crippen molar-refractivity contribution in [3.8, 4) is 0 Å². The Kier molecular flexibility index (Phi) is 5.61. The van der Waals surface area contributed by atoms with E-state index in [9.17, 15) is 19.2 Å². The van der Waals surface area contributed by atoms with Crippen LogP contribution in [0, 0.1) is 0 Å². The smallest absolute Gasteiger partial charge is 0.326 e. The van der Waals surface area contributed by atoms with Crippen LogP contribution in [0.15, 0.2) is 0 Å². The average molecular weight is 289 g/mol. The Balaban J connectivity index is 2.80. The quantitative estimate of drug-likeness (QED) is 0.372. The van der Waals surface area contributed by atoms with Crippen LogP contribution in [0.1, 0.15) is 12.8 Å². The summed E-state index contributed by atoms with van der Waals surface area (Å²) in [6.07, 6.45) is -0.144. The van der Waals surface area contributed by atoms with E-state index in [2.05, 4.69) is 28.6 Å². The number of nitrogens with one attached hydrogen (secondary N) is 3. The minimum absolute atomic E-state index is 0.0413. The molecule has 0 radical (unpaired) electrons. The normalized spacial score (nSPS) is 25.6. The molecule has 9 heteroatoms. The van der Waals surface area contributed by atoms with Gasteiger partial charge in [-0.1, -0.05) is 0 Å². The van der Waals surface area contributed by atoms with Crippen LogP contribution in [0.4, 0.5) is 0 Å². The van der Waals surface area contributed by atoms with Gasteiger partial charge in [0.05, 0.1) is 6.54 Å². The fourth-order valence-electron chi connectivity index (χ4n) is 1.53. The highest BCUT2D eigenvalue weighted by Gasteiger charge is 2.25. The fraction of sp³-hybridized carbons (Fsp3) is 0.600. The van der Waals surface area contributed by atoms with Crippen LogP contribution >= 0.6 is 12.6 Å². The number of thiol groups is 1. The molecule has 4 N–H and O–H groups in total. The predicted octanol–water partition coefficient (Wildman–Crippen LogP) is -2.12. The SMILES string of the molecule is O=C1CNC(=O)[C@H](CS)NC(=O)CC[C@@H](C(=O)O)N1. The number of carboxylic acid groups (broad SMARTS) is 1. The Bertz CT molecular complexity index is 401. The average Bonchev–Trinajstić information content (AvgIpc) is 2.38. The molecule has 0 saturated carbocycles. The van der Waals surface area contributed by atoms with Crippen molar-refractivity contribution in [1.82, 2.24) is 16.0 Å². The molecule has 0 aromatic carbocycles. The summed E-state index contributed by atoms with van der Waals surface area (Å²) >= 11 is 3.94. The first-order valence-electron chi connectivity index (χ1n) is 5.64. The molecule has 0 aliphatic carbocycles. The van der Waals surface area contributed by atoms with Gasteiger partial charge in [0.2, 0.25) is 17.7 Å². The van der Waals surface area contributed by atoms with Crippen molar-refractivity contribution in [1.29, 1.82) is 0 Å². The minimum atomic E-state index is -1.22. The highest BCUT2D eigenvalue weighted by Crippen LogP contribution is 2.01. The van der Waals surface area contributed by atoms with E-state index in [4.69, 9.17) is 5.11 Å². The molecule has 3 amide bonds. The topological polar surface area (TPSA) is 125 Å². The van der Waals surface area contributed by atoms with Crippen molar-refractivity contribution in [2.45, 2.75) is 24.9 Å². The van der Waals surface area contributed by atoms with Gasteiger partial charge in [0, 0.05) is 12.2 Å². The molecule has 0 aromatic heterocycles. The summed E-state index contributed by atoms with van der Waals surface area (Å²) in [6, 6.07) is -1.99. The third-order valence-electron chi connectivity index (χ3n) is 2.55.